The van der Waals surface area contributed by atoms with Gasteiger partial charge in [-0.25, -0.2) is 9.59 Å². The number of nitrogens with zero attached hydrogens (tertiary/aromatic N) is 1. The minimum absolute atomic E-state index is 0.287. The number of unbranched alkanes of at least 4 members (excludes halogenated alkanes) is 2. The summed E-state index contributed by atoms with van der Waals surface area (Å²) in [6.07, 6.45) is 8.12. The zero-order chi connectivity index (χ0) is 17.9. The van der Waals surface area contributed by atoms with E-state index in [0.29, 0.717) is 13.0 Å². The normalized spacial score (nSPS) is 16.9. The van der Waals surface area contributed by atoms with Gasteiger partial charge in [0.1, 0.15) is 0 Å². The number of quaternary nitrogens is 1. The van der Waals surface area contributed by atoms with Crippen molar-refractivity contribution in [3.63, 3.8) is 0 Å². The van der Waals surface area contributed by atoms with E-state index in [0.717, 1.165) is 19.3 Å². The molecule has 0 aromatic heterocycles. The van der Waals surface area contributed by atoms with Gasteiger partial charge in [0, 0.05) is 12.8 Å². The molecule has 0 saturated carbocycles. The summed E-state index contributed by atoms with van der Waals surface area (Å²) in [5.74, 6) is -2.10. The predicted molar refractivity (Wildman–Crippen MR) is 88.9 cm³/mol. The summed E-state index contributed by atoms with van der Waals surface area (Å²) in [7, 11) is 0. The van der Waals surface area contributed by atoms with Crippen LogP contribution < -0.4 is 0 Å². The van der Waals surface area contributed by atoms with Crippen LogP contribution in [0, 0.1) is 0 Å². The molecule has 0 spiro atoms. The van der Waals surface area contributed by atoms with Crippen LogP contribution in [0.25, 0.3) is 0 Å². The molecule has 134 valence electrons. The van der Waals surface area contributed by atoms with Crippen LogP contribution in [0.4, 0.5) is 0 Å². The molecule has 3 N–H and O–H groups in total. The molecule has 0 rings (SSSR count). The first-order valence-electron chi connectivity index (χ1n) is 8.49. The summed E-state index contributed by atoms with van der Waals surface area (Å²) >= 11 is 0. The van der Waals surface area contributed by atoms with E-state index in [9.17, 15) is 24.9 Å². The maximum Gasteiger partial charge on any atom is 0.362 e. The Morgan fingerprint density at radius 2 is 1.48 bits per heavy atom. The molecule has 0 saturated heterocycles. The lowest BCUT2D eigenvalue weighted by Gasteiger charge is -2.44. The third-order valence-electron chi connectivity index (χ3n) is 4.45. The van der Waals surface area contributed by atoms with Crippen LogP contribution in [0.1, 0.15) is 59.3 Å². The summed E-state index contributed by atoms with van der Waals surface area (Å²) in [5, 5.41) is 29.0. The second-order valence-electron chi connectivity index (χ2n) is 5.87. The van der Waals surface area contributed by atoms with Crippen LogP contribution in [-0.4, -0.2) is 57.1 Å². The monoisotopic (exact) mass is 330 g/mol. The minimum Gasteiger partial charge on any atom is -0.477 e. The lowest BCUT2D eigenvalue weighted by Crippen LogP contribution is -2.66. The van der Waals surface area contributed by atoms with Crippen molar-refractivity contribution in [2.75, 3.05) is 13.3 Å². The summed E-state index contributed by atoms with van der Waals surface area (Å²) < 4.78 is -0.296. The number of carboxylic acids is 2. The fourth-order valence-electron chi connectivity index (χ4n) is 3.27. The molecule has 0 heterocycles. The fourth-order valence-corrected chi connectivity index (χ4v) is 3.27. The molecule has 0 aromatic carbocycles. The minimum atomic E-state index is -1.05. The van der Waals surface area contributed by atoms with Gasteiger partial charge in [-0.15, -0.1) is 0 Å². The van der Waals surface area contributed by atoms with Crippen molar-refractivity contribution in [1.82, 2.24) is 0 Å². The average molecular weight is 330 g/mol. The van der Waals surface area contributed by atoms with Gasteiger partial charge in [-0.05, 0) is 25.7 Å². The summed E-state index contributed by atoms with van der Waals surface area (Å²) in [6, 6.07) is -1.82. The number of carbonyl (C=O) groups is 2. The molecule has 2 unspecified atom stereocenters. The molecule has 0 amide bonds. The SMILES string of the molecule is CC/C=C/CCCC[N+](CO)(C(CC)C(=O)O)C(CC)C(=O)O. The topological polar surface area (TPSA) is 94.8 Å². The van der Waals surface area contributed by atoms with Crippen molar-refractivity contribution in [3.8, 4) is 0 Å². The molecule has 0 aromatic rings. The van der Waals surface area contributed by atoms with Crippen LogP contribution in [0.3, 0.4) is 0 Å². The molecule has 2 atom stereocenters. The Bertz CT molecular complexity index is 372. The molecule has 23 heavy (non-hydrogen) atoms. The fraction of sp³-hybridized carbons (Fsp3) is 0.765. The van der Waals surface area contributed by atoms with Crippen molar-refractivity contribution in [3.05, 3.63) is 12.2 Å². The average Bonchev–Trinajstić information content (AvgIpc) is 2.50. The van der Waals surface area contributed by atoms with E-state index in [-0.39, 0.29) is 17.3 Å². The van der Waals surface area contributed by atoms with Crippen molar-refractivity contribution in [1.29, 1.82) is 0 Å². The first kappa shape index (κ1) is 21.6. The number of aliphatic hydroxyl groups excluding tert-OH is 1. The van der Waals surface area contributed by atoms with Crippen molar-refractivity contribution >= 4 is 11.9 Å². The van der Waals surface area contributed by atoms with Gasteiger partial charge in [0.25, 0.3) is 0 Å². The second-order valence-corrected chi connectivity index (χ2v) is 5.87. The third-order valence-corrected chi connectivity index (χ3v) is 4.45. The Balaban J connectivity index is 5.28. The van der Waals surface area contributed by atoms with Crippen LogP contribution >= 0.6 is 0 Å². The quantitative estimate of drug-likeness (QED) is 0.209. The van der Waals surface area contributed by atoms with Crippen LogP contribution in [0.5, 0.6) is 0 Å². The van der Waals surface area contributed by atoms with Crippen molar-refractivity contribution in [2.45, 2.75) is 71.4 Å². The van der Waals surface area contributed by atoms with E-state index >= 15 is 0 Å². The van der Waals surface area contributed by atoms with Gasteiger partial charge in [-0.3, -0.25) is 4.48 Å². The first-order valence-corrected chi connectivity index (χ1v) is 8.49. The Kier molecular flexibility index (Phi) is 10.5. The van der Waals surface area contributed by atoms with E-state index in [1.807, 2.05) is 0 Å². The zero-order valence-electron chi connectivity index (χ0n) is 14.6. The van der Waals surface area contributed by atoms with Gasteiger partial charge in [-0.2, -0.15) is 0 Å². The molecular weight excluding hydrogens is 298 g/mol. The standard InChI is InChI=1S/C17H31NO5/c1-4-7-8-9-10-11-12-18(13-19,14(5-2)16(20)21)15(6-3)17(22)23/h7-8,14-15,19H,4-6,9-13H2,1-3H3,(H-,20,21,22,23)/p+1/b8-7+. The number of hydrogen-bond acceptors (Lipinski definition) is 3. The van der Waals surface area contributed by atoms with Crippen molar-refractivity contribution in [2.24, 2.45) is 0 Å². The van der Waals surface area contributed by atoms with E-state index in [2.05, 4.69) is 19.1 Å². The van der Waals surface area contributed by atoms with Crippen LogP contribution in [0.2, 0.25) is 0 Å². The largest absolute Gasteiger partial charge is 0.477 e. The van der Waals surface area contributed by atoms with Gasteiger partial charge >= 0.3 is 11.9 Å². The third kappa shape index (κ3) is 5.95. The van der Waals surface area contributed by atoms with Gasteiger partial charge in [0.15, 0.2) is 18.8 Å². The highest BCUT2D eigenvalue weighted by Gasteiger charge is 2.48. The van der Waals surface area contributed by atoms with Gasteiger partial charge in [0.2, 0.25) is 0 Å². The van der Waals surface area contributed by atoms with E-state index in [1.54, 1.807) is 13.8 Å². The number of carboxylic acid groups (broad SMARTS) is 2. The molecule has 0 bridgehead atoms. The first-order chi connectivity index (χ1) is 10.9. The predicted octanol–water partition coefficient (Wildman–Crippen LogP) is 2.62. The number of aliphatic hydroxyl groups is 1. The van der Waals surface area contributed by atoms with Gasteiger partial charge < -0.3 is 15.3 Å². The molecule has 0 radical (unpaired) electrons. The number of hydrogen-bond donors (Lipinski definition) is 3. The Hall–Kier alpha value is -1.40. The summed E-state index contributed by atoms with van der Waals surface area (Å²) in [4.78, 5) is 23.2. The molecule has 6 heteroatoms. The molecule has 0 aliphatic rings. The molecule has 6 nitrogen and oxygen atoms in total. The Morgan fingerprint density at radius 1 is 0.957 bits per heavy atom. The summed E-state index contributed by atoms with van der Waals surface area (Å²) in [5.41, 5.74) is 0. The molecule has 0 aliphatic heterocycles. The number of rotatable bonds is 13. The second kappa shape index (κ2) is 11.2. The van der Waals surface area contributed by atoms with E-state index in [1.165, 1.54) is 0 Å². The van der Waals surface area contributed by atoms with E-state index in [4.69, 9.17) is 0 Å². The number of allylic oxidation sites excluding steroid dienone is 2. The Morgan fingerprint density at radius 3 is 1.83 bits per heavy atom. The maximum atomic E-state index is 11.6. The molecular formula is C17H32NO5+. The highest BCUT2D eigenvalue weighted by Crippen LogP contribution is 2.26. The molecule has 0 fully saturated rings. The van der Waals surface area contributed by atoms with E-state index < -0.39 is 30.8 Å². The maximum absolute atomic E-state index is 11.6. The lowest BCUT2D eigenvalue weighted by molar-refractivity contribution is -0.974. The van der Waals surface area contributed by atoms with Gasteiger partial charge in [0.05, 0.1) is 6.54 Å². The van der Waals surface area contributed by atoms with Gasteiger partial charge in [-0.1, -0.05) is 32.9 Å². The summed E-state index contributed by atoms with van der Waals surface area (Å²) in [6.45, 7) is 5.38. The Labute approximate surface area is 139 Å². The number of aliphatic carboxylic acids is 2. The van der Waals surface area contributed by atoms with Crippen LogP contribution in [-0.2, 0) is 9.59 Å². The lowest BCUT2D eigenvalue weighted by atomic mass is 10.0. The smallest absolute Gasteiger partial charge is 0.362 e. The van der Waals surface area contributed by atoms with Crippen LogP contribution in [0.15, 0.2) is 12.2 Å². The highest BCUT2D eigenvalue weighted by atomic mass is 16.4. The molecule has 0 aliphatic carbocycles. The highest BCUT2D eigenvalue weighted by molar-refractivity contribution is 5.75. The zero-order valence-corrected chi connectivity index (χ0v) is 14.6. The van der Waals surface area contributed by atoms with Crippen molar-refractivity contribution < 1.29 is 29.4 Å².